The number of nitrogens with zero attached hydrogens (tertiary/aromatic N) is 1. The zero-order valence-electron chi connectivity index (χ0n) is 13.6. The van der Waals surface area contributed by atoms with Gasteiger partial charge in [-0.2, -0.15) is 5.26 Å². The number of rotatable bonds is 4. The molecule has 1 atom stereocenters. The predicted molar refractivity (Wildman–Crippen MR) is 84.6 cm³/mol. The Morgan fingerprint density at radius 2 is 2.21 bits per heavy atom. The minimum Gasteiger partial charge on any atom is -0.504 e. The molecule has 0 bridgehead atoms. The Bertz CT molecular complexity index is 774. The van der Waals surface area contributed by atoms with Crippen LogP contribution in [0.1, 0.15) is 25.3 Å². The summed E-state index contributed by atoms with van der Waals surface area (Å²) in [5.41, 5.74) is 6.24. The van der Waals surface area contributed by atoms with E-state index in [0.717, 1.165) is 0 Å². The van der Waals surface area contributed by atoms with Gasteiger partial charge in [-0.15, -0.1) is 0 Å². The van der Waals surface area contributed by atoms with Crippen molar-refractivity contribution in [3.8, 4) is 17.6 Å². The molecule has 0 amide bonds. The molecule has 0 saturated carbocycles. The first-order valence-electron chi connectivity index (χ1n) is 7.27. The number of benzene rings is 1. The van der Waals surface area contributed by atoms with Gasteiger partial charge < -0.3 is 25.1 Å². The van der Waals surface area contributed by atoms with Crippen LogP contribution in [0.25, 0.3) is 0 Å². The molecule has 0 saturated heterocycles. The Labute approximate surface area is 139 Å². The van der Waals surface area contributed by atoms with E-state index in [1.807, 2.05) is 6.07 Å². The molecule has 1 aliphatic rings. The van der Waals surface area contributed by atoms with Gasteiger partial charge in [-0.05, 0) is 19.9 Å². The van der Waals surface area contributed by atoms with E-state index in [2.05, 4.69) is 0 Å². The van der Waals surface area contributed by atoms with Crippen molar-refractivity contribution >= 4 is 5.97 Å². The van der Waals surface area contributed by atoms with E-state index >= 15 is 0 Å². The van der Waals surface area contributed by atoms with Crippen molar-refractivity contribution in [2.24, 2.45) is 5.73 Å². The molecule has 7 heteroatoms. The Kier molecular flexibility index (Phi) is 4.99. The van der Waals surface area contributed by atoms with Crippen LogP contribution in [0.5, 0.6) is 11.5 Å². The number of phenols is 1. The van der Waals surface area contributed by atoms with Crippen LogP contribution < -0.4 is 10.5 Å². The summed E-state index contributed by atoms with van der Waals surface area (Å²) >= 11 is 0. The lowest BCUT2D eigenvalue weighted by molar-refractivity contribution is -0.139. The molecule has 24 heavy (non-hydrogen) atoms. The number of aromatic hydroxyl groups is 1. The highest BCUT2D eigenvalue weighted by atomic mass is 16.5. The maximum atomic E-state index is 12.4. The molecule has 1 aromatic carbocycles. The summed E-state index contributed by atoms with van der Waals surface area (Å²) in [5, 5.41) is 19.9. The number of phenolic OH excluding ortho intramolecular Hbond substituents is 1. The summed E-state index contributed by atoms with van der Waals surface area (Å²) < 4.78 is 15.5. The third-order valence-corrected chi connectivity index (χ3v) is 3.66. The first kappa shape index (κ1) is 17.2. The second kappa shape index (κ2) is 6.96. The van der Waals surface area contributed by atoms with Crippen molar-refractivity contribution in [2.45, 2.75) is 19.8 Å². The highest BCUT2D eigenvalue weighted by molar-refractivity contribution is 5.93. The molecular weight excluding hydrogens is 312 g/mol. The number of ether oxygens (including phenoxy) is 3. The van der Waals surface area contributed by atoms with E-state index in [9.17, 15) is 15.2 Å². The van der Waals surface area contributed by atoms with Gasteiger partial charge in [0, 0.05) is 5.56 Å². The number of nitriles is 1. The molecule has 2 rings (SSSR count). The number of para-hydroxylation sites is 1. The van der Waals surface area contributed by atoms with Gasteiger partial charge in [-0.25, -0.2) is 4.79 Å². The average Bonchev–Trinajstić information content (AvgIpc) is 2.54. The summed E-state index contributed by atoms with van der Waals surface area (Å²) in [6.45, 7) is 3.38. The smallest absolute Gasteiger partial charge is 0.338 e. The molecule has 1 unspecified atom stereocenters. The lowest BCUT2D eigenvalue weighted by Gasteiger charge is -2.27. The van der Waals surface area contributed by atoms with Gasteiger partial charge in [0.2, 0.25) is 5.88 Å². The molecule has 126 valence electrons. The third-order valence-electron chi connectivity index (χ3n) is 3.66. The van der Waals surface area contributed by atoms with Gasteiger partial charge in [-0.3, -0.25) is 0 Å². The van der Waals surface area contributed by atoms with Crippen molar-refractivity contribution in [1.29, 1.82) is 5.26 Å². The first-order chi connectivity index (χ1) is 11.5. The van der Waals surface area contributed by atoms with E-state index in [-0.39, 0.29) is 40.9 Å². The van der Waals surface area contributed by atoms with Crippen LogP contribution in [0.15, 0.2) is 41.0 Å². The molecule has 1 aliphatic heterocycles. The normalized spacial score (nSPS) is 17.2. The monoisotopic (exact) mass is 330 g/mol. The molecule has 0 aromatic heterocycles. The van der Waals surface area contributed by atoms with E-state index in [1.54, 1.807) is 32.0 Å². The summed E-state index contributed by atoms with van der Waals surface area (Å²) in [6.07, 6.45) is 0. The zero-order valence-corrected chi connectivity index (χ0v) is 13.6. The fourth-order valence-electron chi connectivity index (χ4n) is 2.60. The molecule has 1 heterocycles. The molecule has 0 spiro atoms. The number of allylic oxidation sites excluding steroid dienone is 2. The lowest BCUT2D eigenvalue weighted by atomic mass is 9.82. The van der Waals surface area contributed by atoms with Gasteiger partial charge in [0.05, 0.1) is 25.2 Å². The van der Waals surface area contributed by atoms with Crippen LogP contribution in [-0.4, -0.2) is 24.8 Å². The number of hydrogen-bond acceptors (Lipinski definition) is 7. The number of nitrogens with two attached hydrogens (primary N) is 1. The SMILES string of the molecule is CCOC(=O)C1=C(C)OC(N)=C(C#N)C1c1cccc(OC)c1O. The second-order valence-electron chi connectivity index (χ2n) is 5.01. The Morgan fingerprint density at radius 1 is 1.50 bits per heavy atom. The molecular formula is C17H18N2O5. The van der Waals surface area contributed by atoms with Crippen LogP contribution >= 0.6 is 0 Å². The average molecular weight is 330 g/mol. The Morgan fingerprint density at radius 3 is 2.79 bits per heavy atom. The topological polar surface area (TPSA) is 115 Å². The molecule has 0 aliphatic carbocycles. The molecule has 0 radical (unpaired) electrons. The zero-order chi connectivity index (χ0) is 17.9. The summed E-state index contributed by atoms with van der Waals surface area (Å²) in [5.74, 6) is -1.40. The molecule has 0 fully saturated rings. The number of methoxy groups -OCH3 is 1. The van der Waals surface area contributed by atoms with Crippen LogP contribution in [0, 0.1) is 11.3 Å². The van der Waals surface area contributed by atoms with Crippen LogP contribution in [0.4, 0.5) is 0 Å². The van der Waals surface area contributed by atoms with Crippen molar-refractivity contribution < 1.29 is 24.1 Å². The fourth-order valence-corrected chi connectivity index (χ4v) is 2.60. The van der Waals surface area contributed by atoms with Crippen molar-refractivity contribution in [3.63, 3.8) is 0 Å². The maximum Gasteiger partial charge on any atom is 0.338 e. The molecule has 3 N–H and O–H groups in total. The van der Waals surface area contributed by atoms with Gasteiger partial charge in [0.1, 0.15) is 17.4 Å². The quantitative estimate of drug-likeness (QED) is 0.812. The van der Waals surface area contributed by atoms with Gasteiger partial charge in [-0.1, -0.05) is 12.1 Å². The number of carbonyl (C=O) groups is 1. The van der Waals surface area contributed by atoms with Gasteiger partial charge >= 0.3 is 5.97 Å². The van der Waals surface area contributed by atoms with Crippen molar-refractivity contribution in [3.05, 3.63) is 46.6 Å². The Hall–Kier alpha value is -3.14. The third kappa shape index (κ3) is 2.86. The summed E-state index contributed by atoms with van der Waals surface area (Å²) in [6, 6.07) is 6.75. The minimum absolute atomic E-state index is 0.0206. The summed E-state index contributed by atoms with van der Waals surface area (Å²) in [4.78, 5) is 12.4. The van der Waals surface area contributed by atoms with Crippen LogP contribution in [0.3, 0.4) is 0 Å². The first-order valence-corrected chi connectivity index (χ1v) is 7.27. The highest BCUT2D eigenvalue weighted by Gasteiger charge is 2.38. The second-order valence-corrected chi connectivity index (χ2v) is 5.01. The minimum atomic E-state index is -0.905. The van der Waals surface area contributed by atoms with E-state index < -0.39 is 11.9 Å². The van der Waals surface area contributed by atoms with Crippen LogP contribution in [0.2, 0.25) is 0 Å². The standard InChI is InChI=1S/C17H18N2O5/c1-4-23-17(21)13-9(2)24-16(19)11(8-18)14(13)10-6-5-7-12(22-3)15(10)20/h5-7,14,20H,4,19H2,1-3H3. The number of esters is 1. The van der Waals surface area contributed by atoms with Crippen LogP contribution in [-0.2, 0) is 14.3 Å². The summed E-state index contributed by atoms with van der Waals surface area (Å²) in [7, 11) is 1.41. The van der Waals surface area contributed by atoms with Gasteiger partial charge in [0.15, 0.2) is 11.5 Å². The van der Waals surface area contributed by atoms with E-state index in [4.69, 9.17) is 19.9 Å². The van der Waals surface area contributed by atoms with Crippen molar-refractivity contribution in [2.75, 3.05) is 13.7 Å². The van der Waals surface area contributed by atoms with E-state index in [1.165, 1.54) is 7.11 Å². The number of hydrogen-bond donors (Lipinski definition) is 2. The van der Waals surface area contributed by atoms with Gasteiger partial charge in [0.25, 0.3) is 0 Å². The largest absolute Gasteiger partial charge is 0.504 e. The molecule has 7 nitrogen and oxygen atoms in total. The predicted octanol–water partition coefficient (Wildman–Crippen LogP) is 2.05. The number of carbonyl (C=O) groups excluding carboxylic acids is 1. The lowest BCUT2D eigenvalue weighted by Crippen LogP contribution is -2.25. The van der Waals surface area contributed by atoms with E-state index in [0.29, 0.717) is 5.56 Å². The fraction of sp³-hybridized carbons (Fsp3) is 0.294. The highest BCUT2D eigenvalue weighted by Crippen LogP contribution is 2.45. The maximum absolute atomic E-state index is 12.4. The molecule has 1 aromatic rings. The van der Waals surface area contributed by atoms with Crippen molar-refractivity contribution in [1.82, 2.24) is 0 Å². The Balaban J connectivity index is 2.70.